The maximum atomic E-state index is 4.30. The lowest BCUT2D eigenvalue weighted by Crippen LogP contribution is -1.89. The minimum absolute atomic E-state index is 1.04. The topological polar surface area (TPSA) is 17.8 Å². The van der Waals surface area contributed by atoms with Gasteiger partial charge in [-0.05, 0) is 25.3 Å². The normalized spacial score (nSPS) is 16.9. The number of aryl methyl sites for hydroxylation is 1. The maximum absolute atomic E-state index is 4.30. The van der Waals surface area contributed by atoms with Gasteiger partial charge in [0.15, 0.2) is 5.16 Å². The summed E-state index contributed by atoms with van der Waals surface area (Å²) in [5.41, 5.74) is 2.71. The van der Waals surface area contributed by atoms with Crippen LogP contribution in [0.25, 0.3) is 0 Å². The quantitative estimate of drug-likeness (QED) is 0.740. The fraction of sp³-hybridized carbons (Fsp3) is 0.364. The monoisotopic (exact) mass is 206 g/mol. The Morgan fingerprint density at radius 3 is 2.79 bits per heavy atom. The molecule has 0 fully saturated rings. The van der Waals surface area contributed by atoms with Crippen LogP contribution in [0.15, 0.2) is 40.2 Å². The van der Waals surface area contributed by atoms with Gasteiger partial charge in [-0.25, -0.2) is 4.98 Å². The summed E-state index contributed by atoms with van der Waals surface area (Å²) < 4.78 is 2.04. The van der Waals surface area contributed by atoms with Crippen molar-refractivity contribution in [1.29, 1.82) is 0 Å². The maximum Gasteiger partial charge on any atom is 0.172 e. The van der Waals surface area contributed by atoms with E-state index in [1.165, 1.54) is 16.1 Å². The lowest BCUT2D eigenvalue weighted by molar-refractivity contribution is 0.791. The molecule has 2 nitrogen and oxygen atoms in total. The third-order valence-corrected chi connectivity index (χ3v) is 3.90. The zero-order valence-corrected chi connectivity index (χ0v) is 9.40. The molecule has 0 atom stereocenters. The highest BCUT2D eigenvalue weighted by molar-refractivity contribution is 8.03. The van der Waals surface area contributed by atoms with Gasteiger partial charge in [-0.15, -0.1) is 0 Å². The van der Waals surface area contributed by atoms with Crippen molar-refractivity contribution < 1.29 is 0 Å². The van der Waals surface area contributed by atoms with E-state index in [9.17, 15) is 0 Å². The van der Waals surface area contributed by atoms with Gasteiger partial charge in [0.05, 0.1) is 0 Å². The average Bonchev–Trinajstić information content (AvgIpc) is 2.67. The molecular formula is C11H14N2S. The molecule has 1 aliphatic carbocycles. The van der Waals surface area contributed by atoms with Crippen molar-refractivity contribution in [2.24, 2.45) is 7.05 Å². The number of thioether (sulfide) groups is 1. The summed E-state index contributed by atoms with van der Waals surface area (Å²) in [5, 5.41) is 1.04. The summed E-state index contributed by atoms with van der Waals surface area (Å²) in [6.07, 6.45) is 6.07. The van der Waals surface area contributed by atoms with Gasteiger partial charge in [0.2, 0.25) is 0 Å². The molecule has 2 rings (SSSR count). The molecule has 0 saturated heterocycles. The largest absolute Gasteiger partial charge is 0.329 e. The average molecular weight is 206 g/mol. The van der Waals surface area contributed by atoms with Crippen LogP contribution in [-0.4, -0.2) is 9.55 Å². The standard InChI is InChI=1S/C11H14N2S/c1-8-4-5-9(2)10(8)14-11-12-6-7-13(11)3/h6-7H,1,4-5H2,2-3H3. The molecule has 14 heavy (non-hydrogen) atoms. The molecule has 74 valence electrons. The molecule has 0 aromatic carbocycles. The fourth-order valence-corrected chi connectivity index (χ4v) is 2.59. The third-order valence-electron chi connectivity index (χ3n) is 2.48. The van der Waals surface area contributed by atoms with Gasteiger partial charge in [0.1, 0.15) is 0 Å². The van der Waals surface area contributed by atoms with Crippen molar-refractivity contribution in [2.75, 3.05) is 0 Å². The molecule has 1 heterocycles. The SMILES string of the molecule is C=C1CCC(C)=C1Sc1nccn1C. The van der Waals surface area contributed by atoms with Crippen molar-refractivity contribution in [3.8, 4) is 0 Å². The first-order valence-corrected chi connectivity index (χ1v) is 5.53. The van der Waals surface area contributed by atoms with Gasteiger partial charge >= 0.3 is 0 Å². The van der Waals surface area contributed by atoms with E-state index in [0.717, 1.165) is 18.0 Å². The van der Waals surface area contributed by atoms with Crippen LogP contribution >= 0.6 is 11.8 Å². The molecule has 0 unspecified atom stereocenters. The predicted molar refractivity (Wildman–Crippen MR) is 60.1 cm³/mol. The van der Waals surface area contributed by atoms with Gasteiger partial charge in [-0.2, -0.15) is 0 Å². The number of nitrogens with zero attached hydrogens (tertiary/aromatic N) is 2. The van der Waals surface area contributed by atoms with Gasteiger partial charge in [0, 0.05) is 24.3 Å². The summed E-state index contributed by atoms with van der Waals surface area (Å²) in [4.78, 5) is 5.63. The van der Waals surface area contributed by atoms with E-state index in [1.54, 1.807) is 11.8 Å². The highest BCUT2D eigenvalue weighted by atomic mass is 32.2. The van der Waals surface area contributed by atoms with Crippen LogP contribution in [0.4, 0.5) is 0 Å². The van der Waals surface area contributed by atoms with Crippen LogP contribution in [-0.2, 0) is 7.05 Å². The summed E-state index contributed by atoms with van der Waals surface area (Å²) in [6.45, 7) is 6.26. The van der Waals surface area contributed by atoms with Crippen LogP contribution in [0, 0.1) is 0 Å². The van der Waals surface area contributed by atoms with Gasteiger partial charge in [0.25, 0.3) is 0 Å². The van der Waals surface area contributed by atoms with Crippen LogP contribution < -0.4 is 0 Å². The molecule has 1 aromatic rings. The summed E-state index contributed by atoms with van der Waals surface area (Å²) in [7, 11) is 2.02. The molecule has 3 heteroatoms. The van der Waals surface area contributed by atoms with Crippen molar-refractivity contribution in [3.63, 3.8) is 0 Å². The number of hydrogen-bond acceptors (Lipinski definition) is 2. The Morgan fingerprint density at radius 1 is 1.50 bits per heavy atom. The van der Waals surface area contributed by atoms with E-state index in [0.29, 0.717) is 0 Å². The van der Waals surface area contributed by atoms with E-state index < -0.39 is 0 Å². The Balaban J connectivity index is 2.23. The molecule has 0 saturated carbocycles. The molecule has 0 bridgehead atoms. The lowest BCUT2D eigenvalue weighted by Gasteiger charge is -2.04. The highest BCUT2D eigenvalue weighted by Gasteiger charge is 2.17. The molecule has 0 N–H and O–H groups in total. The lowest BCUT2D eigenvalue weighted by atomic mass is 10.2. The summed E-state index contributed by atoms with van der Waals surface area (Å²) in [5.74, 6) is 0. The van der Waals surface area contributed by atoms with Crippen LogP contribution in [0.2, 0.25) is 0 Å². The van der Waals surface area contributed by atoms with E-state index in [1.807, 2.05) is 24.0 Å². The molecule has 0 radical (unpaired) electrons. The number of rotatable bonds is 2. The molecule has 0 aliphatic heterocycles. The van der Waals surface area contributed by atoms with E-state index in [4.69, 9.17) is 0 Å². The van der Waals surface area contributed by atoms with E-state index >= 15 is 0 Å². The van der Waals surface area contributed by atoms with Crippen LogP contribution in [0.3, 0.4) is 0 Å². The number of hydrogen-bond donors (Lipinski definition) is 0. The Labute approximate surface area is 88.7 Å². The summed E-state index contributed by atoms with van der Waals surface area (Å²) in [6, 6.07) is 0. The van der Waals surface area contributed by atoms with Crippen LogP contribution in [0.1, 0.15) is 19.8 Å². The van der Waals surface area contributed by atoms with Crippen molar-refractivity contribution >= 4 is 11.8 Å². The number of allylic oxidation sites excluding steroid dienone is 2. The van der Waals surface area contributed by atoms with Gasteiger partial charge < -0.3 is 4.57 Å². The van der Waals surface area contributed by atoms with Crippen LogP contribution in [0.5, 0.6) is 0 Å². The highest BCUT2D eigenvalue weighted by Crippen LogP contribution is 2.40. The van der Waals surface area contributed by atoms with Crippen molar-refractivity contribution in [2.45, 2.75) is 24.9 Å². The first-order valence-electron chi connectivity index (χ1n) is 4.71. The molecule has 1 aliphatic rings. The minimum Gasteiger partial charge on any atom is -0.329 e. The second-order valence-electron chi connectivity index (χ2n) is 3.64. The van der Waals surface area contributed by atoms with Gasteiger partial charge in [-0.1, -0.05) is 23.9 Å². The number of imidazole rings is 1. The Kier molecular flexibility index (Phi) is 2.50. The summed E-state index contributed by atoms with van der Waals surface area (Å²) >= 11 is 1.73. The molecule has 0 amide bonds. The smallest absolute Gasteiger partial charge is 0.172 e. The second-order valence-corrected chi connectivity index (χ2v) is 4.61. The molecular weight excluding hydrogens is 192 g/mol. The van der Waals surface area contributed by atoms with E-state index in [2.05, 4.69) is 18.5 Å². The van der Waals surface area contributed by atoms with Crippen molar-refractivity contribution in [3.05, 3.63) is 35.0 Å². The fourth-order valence-electron chi connectivity index (χ4n) is 1.57. The zero-order valence-electron chi connectivity index (χ0n) is 8.58. The number of aromatic nitrogens is 2. The third kappa shape index (κ3) is 1.64. The zero-order chi connectivity index (χ0) is 10.1. The van der Waals surface area contributed by atoms with E-state index in [-0.39, 0.29) is 0 Å². The Bertz CT molecular complexity index is 401. The Hall–Kier alpha value is -0.960. The molecule has 0 spiro atoms. The first kappa shape index (κ1) is 9.59. The predicted octanol–water partition coefficient (Wildman–Crippen LogP) is 3.14. The Morgan fingerprint density at radius 2 is 2.29 bits per heavy atom. The minimum atomic E-state index is 1.04. The second kappa shape index (κ2) is 3.65. The van der Waals surface area contributed by atoms with Crippen molar-refractivity contribution in [1.82, 2.24) is 9.55 Å². The van der Waals surface area contributed by atoms with Gasteiger partial charge in [-0.3, -0.25) is 0 Å². The first-order chi connectivity index (χ1) is 6.68. The molecule has 1 aromatic heterocycles.